The molecule has 0 fully saturated rings. The normalized spacial score (nSPS) is 12.1. The molecule has 5 heteroatoms. The molecule has 88 valence electrons. The lowest BCUT2D eigenvalue weighted by molar-refractivity contribution is 0.0697. The lowest BCUT2D eigenvalue weighted by Crippen LogP contribution is -2.16. The number of carboxylic acids is 1. The molecule has 0 aliphatic carbocycles. The van der Waals surface area contributed by atoms with Gasteiger partial charge >= 0.3 is 5.97 Å². The number of aromatic nitrogens is 1. The van der Waals surface area contributed by atoms with Gasteiger partial charge in [-0.15, -0.1) is 0 Å². The Morgan fingerprint density at radius 3 is 3.06 bits per heavy atom. The fraction of sp³-hybridized carbons (Fsp3) is 0.455. The van der Waals surface area contributed by atoms with Crippen LogP contribution in [0, 0.1) is 5.92 Å². The van der Waals surface area contributed by atoms with E-state index < -0.39 is 5.97 Å². The smallest absolute Gasteiger partial charge is 0.339 e. The number of anilines is 1. The molecule has 16 heavy (non-hydrogen) atoms. The van der Waals surface area contributed by atoms with Crippen molar-refractivity contribution < 1.29 is 9.90 Å². The fourth-order valence-corrected chi connectivity index (χ4v) is 2.02. The van der Waals surface area contributed by atoms with Gasteiger partial charge in [0.05, 0.1) is 0 Å². The van der Waals surface area contributed by atoms with E-state index in [1.54, 1.807) is 30.1 Å². The van der Waals surface area contributed by atoms with E-state index in [-0.39, 0.29) is 5.56 Å². The van der Waals surface area contributed by atoms with Crippen molar-refractivity contribution in [3.8, 4) is 0 Å². The molecular formula is C11H16N2O2S. The molecule has 0 aliphatic rings. The maximum atomic E-state index is 10.9. The molecule has 1 heterocycles. The molecule has 1 atom stereocenters. The third-order valence-electron chi connectivity index (χ3n) is 2.11. The zero-order chi connectivity index (χ0) is 12.0. The van der Waals surface area contributed by atoms with Crippen molar-refractivity contribution >= 4 is 23.5 Å². The largest absolute Gasteiger partial charge is 0.478 e. The predicted molar refractivity (Wildman–Crippen MR) is 67.2 cm³/mol. The third kappa shape index (κ3) is 3.73. The van der Waals surface area contributed by atoms with Crippen molar-refractivity contribution in [1.82, 2.24) is 4.98 Å². The second-order valence-electron chi connectivity index (χ2n) is 3.65. The van der Waals surface area contributed by atoms with Crippen molar-refractivity contribution in [2.24, 2.45) is 5.92 Å². The minimum Gasteiger partial charge on any atom is -0.478 e. The van der Waals surface area contributed by atoms with Gasteiger partial charge in [-0.05, 0) is 30.1 Å². The molecule has 0 amide bonds. The number of hydrogen-bond acceptors (Lipinski definition) is 4. The standard InChI is InChI=1S/C11H16N2O2S/c1-8(7-16-2)6-13-10-9(11(14)15)4-3-5-12-10/h3-5,8H,6-7H2,1-2H3,(H,12,13)(H,14,15). The van der Waals surface area contributed by atoms with Crippen LogP contribution in [-0.4, -0.2) is 34.6 Å². The number of pyridine rings is 1. The van der Waals surface area contributed by atoms with Gasteiger partial charge < -0.3 is 10.4 Å². The summed E-state index contributed by atoms with van der Waals surface area (Å²) in [6, 6.07) is 3.18. The number of thioether (sulfide) groups is 1. The van der Waals surface area contributed by atoms with E-state index in [9.17, 15) is 4.79 Å². The van der Waals surface area contributed by atoms with Crippen molar-refractivity contribution in [3.05, 3.63) is 23.9 Å². The van der Waals surface area contributed by atoms with Gasteiger partial charge in [0.1, 0.15) is 11.4 Å². The first-order chi connectivity index (χ1) is 7.65. The van der Waals surface area contributed by atoms with Crippen LogP contribution in [0.1, 0.15) is 17.3 Å². The maximum absolute atomic E-state index is 10.9. The van der Waals surface area contributed by atoms with Gasteiger partial charge in [0.25, 0.3) is 0 Å². The van der Waals surface area contributed by atoms with E-state index in [1.165, 1.54) is 0 Å². The number of rotatable bonds is 6. The van der Waals surface area contributed by atoms with Crippen LogP contribution in [0.5, 0.6) is 0 Å². The molecule has 0 saturated carbocycles. The topological polar surface area (TPSA) is 62.2 Å². The molecule has 1 aromatic heterocycles. The Labute approximate surface area is 99.5 Å². The summed E-state index contributed by atoms with van der Waals surface area (Å²) in [5.41, 5.74) is 0.221. The fourth-order valence-electron chi connectivity index (χ4n) is 1.33. The van der Waals surface area contributed by atoms with Gasteiger partial charge in [0.15, 0.2) is 0 Å². The molecule has 1 aromatic rings. The van der Waals surface area contributed by atoms with Crippen LogP contribution in [-0.2, 0) is 0 Å². The summed E-state index contributed by atoms with van der Waals surface area (Å²) in [5.74, 6) is 1.03. The number of nitrogens with one attached hydrogen (secondary N) is 1. The van der Waals surface area contributed by atoms with Crippen LogP contribution < -0.4 is 5.32 Å². The second-order valence-corrected chi connectivity index (χ2v) is 4.56. The van der Waals surface area contributed by atoms with Crippen LogP contribution >= 0.6 is 11.8 Å². The Kier molecular flexibility index (Phi) is 5.11. The quantitative estimate of drug-likeness (QED) is 0.798. The maximum Gasteiger partial charge on any atom is 0.339 e. The summed E-state index contributed by atoms with van der Waals surface area (Å²) in [4.78, 5) is 14.9. The van der Waals surface area contributed by atoms with Gasteiger partial charge in [-0.25, -0.2) is 9.78 Å². The number of carbonyl (C=O) groups is 1. The molecule has 1 unspecified atom stereocenters. The van der Waals surface area contributed by atoms with Crippen molar-refractivity contribution in [3.63, 3.8) is 0 Å². The summed E-state index contributed by atoms with van der Waals surface area (Å²) >= 11 is 1.78. The van der Waals surface area contributed by atoms with E-state index in [1.807, 2.05) is 0 Å². The predicted octanol–water partition coefficient (Wildman–Crippen LogP) is 2.19. The highest BCUT2D eigenvalue weighted by Crippen LogP contribution is 2.12. The van der Waals surface area contributed by atoms with Crippen molar-refractivity contribution in [1.29, 1.82) is 0 Å². The Balaban J connectivity index is 2.63. The highest BCUT2D eigenvalue weighted by molar-refractivity contribution is 7.98. The number of hydrogen-bond donors (Lipinski definition) is 2. The molecule has 0 radical (unpaired) electrons. The lowest BCUT2D eigenvalue weighted by Gasteiger charge is -2.12. The molecule has 0 bridgehead atoms. The van der Waals surface area contributed by atoms with E-state index in [2.05, 4.69) is 23.5 Å². The summed E-state index contributed by atoms with van der Waals surface area (Å²) < 4.78 is 0. The number of carboxylic acid groups (broad SMARTS) is 1. The van der Waals surface area contributed by atoms with Gasteiger partial charge in [0.2, 0.25) is 0 Å². The van der Waals surface area contributed by atoms with Crippen LogP contribution in [0.3, 0.4) is 0 Å². The SMILES string of the molecule is CSCC(C)CNc1ncccc1C(=O)O. The number of aromatic carboxylic acids is 1. The molecule has 0 aromatic carbocycles. The second kappa shape index (κ2) is 6.37. The molecule has 0 spiro atoms. The minimum absolute atomic E-state index is 0.221. The van der Waals surface area contributed by atoms with Crippen molar-refractivity contribution in [2.45, 2.75) is 6.92 Å². The summed E-state index contributed by atoms with van der Waals surface area (Å²) in [5, 5.41) is 12.0. The third-order valence-corrected chi connectivity index (χ3v) is 3.01. The zero-order valence-electron chi connectivity index (χ0n) is 9.43. The Morgan fingerprint density at radius 1 is 1.69 bits per heavy atom. The van der Waals surface area contributed by atoms with E-state index >= 15 is 0 Å². The first-order valence-corrected chi connectivity index (χ1v) is 6.45. The van der Waals surface area contributed by atoms with Crippen LogP contribution in [0.4, 0.5) is 5.82 Å². The molecular weight excluding hydrogens is 224 g/mol. The van der Waals surface area contributed by atoms with E-state index in [0.717, 1.165) is 12.3 Å². The van der Waals surface area contributed by atoms with Gasteiger partial charge in [-0.2, -0.15) is 11.8 Å². The first-order valence-electron chi connectivity index (χ1n) is 5.06. The lowest BCUT2D eigenvalue weighted by atomic mass is 10.2. The highest BCUT2D eigenvalue weighted by Gasteiger charge is 2.10. The molecule has 4 nitrogen and oxygen atoms in total. The van der Waals surface area contributed by atoms with E-state index in [0.29, 0.717) is 11.7 Å². The van der Waals surface area contributed by atoms with Gasteiger partial charge in [0, 0.05) is 12.7 Å². The Hall–Kier alpha value is -1.23. The average molecular weight is 240 g/mol. The van der Waals surface area contributed by atoms with Crippen LogP contribution in [0.25, 0.3) is 0 Å². The Bertz CT molecular complexity index is 358. The van der Waals surface area contributed by atoms with E-state index in [4.69, 9.17) is 5.11 Å². The number of nitrogens with zero attached hydrogens (tertiary/aromatic N) is 1. The minimum atomic E-state index is -0.951. The molecule has 1 rings (SSSR count). The average Bonchev–Trinajstić information content (AvgIpc) is 2.27. The Morgan fingerprint density at radius 2 is 2.44 bits per heavy atom. The molecule has 0 aliphatic heterocycles. The van der Waals surface area contributed by atoms with Crippen LogP contribution in [0.15, 0.2) is 18.3 Å². The monoisotopic (exact) mass is 240 g/mol. The van der Waals surface area contributed by atoms with Gasteiger partial charge in [-0.1, -0.05) is 6.92 Å². The first kappa shape index (κ1) is 12.8. The van der Waals surface area contributed by atoms with Gasteiger partial charge in [-0.3, -0.25) is 0 Å². The summed E-state index contributed by atoms with van der Waals surface area (Å²) in [6.07, 6.45) is 3.65. The van der Waals surface area contributed by atoms with Crippen LogP contribution in [0.2, 0.25) is 0 Å². The molecule has 0 saturated heterocycles. The summed E-state index contributed by atoms with van der Waals surface area (Å²) in [6.45, 7) is 2.85. The zero-order valence-corrected chi connectivity index (χ0v) is 10.3. The highest BCUT2D eigenvalue weighted by atomic mass is 32.2. The summed E-state index contributed by atoms with van der Waals surface area (Å²) in [7, 11) is 0. The van der Waals surface area contributed by atoms with Crippen molar-refractivity contribution in [2.75, 3.05) is 23.9 Å². The molecule has 2 N–H and O–H groups in total.